The number of likely N-dealkylation sites (tertiary alicyclic amines) is 1. The van der Waals surface area contributed by atoms with E-state index < -0.39 is 0 Å². The molecule has 6 rings (SSSR count). The molecule has 2 aliphatic heterocycles. The van der Waals surface area contributed by atoms with Crippen LogP contribution < -0.4 is 0 Å². The second-order valence-corrected chi connectivity index (χ2v) is 11.2. The molecule has 184 valence electrons. The van der Waals surface area contributed by atoms with Gasteiger partial charge in [0, 0.05) is 43.1 Å². The van der Waals surface area contributed by atoms with Crippen molar-refractivity contribution in [1.29, 1.82) is 0 Å². The molecule has 1 atom stereocenters. The van der Waals surface area contributed by atoms with Crippen LogP contribution in [0.2, 0.25) is 0 Å². The van der Waals surface area contributed by atoms with Crippen LogP contribution in [0, 0.1) is 24.1 Å². The van der Waals surface area contributed by atoms with E-state index in [0.717, 1.165) is 51.7 Å². The molecular formula is C30H35FN2O2. The molecule has 2 fully saturated rings. The number of hydrogen-bond donors (Lipinski definition) is 1. The van der Waals surface area contributed by atoms with E-state index in [1.807, 2.05) is 12.1 Å². The van der Waals surface area contributed by atoms with Gasteiger partial charge in [0.2, 0.25) is 5.91 Å². The third-order valence-corrected chi connectivity index (χ3v) is 9.10. The SMILES string of the molecule is Cc1ccc2c(c1)CC1=C2C2(CCN(C(=O)C3CCC3)CC2)CN(Cc2ccccc2F)[C@@H]1CO. The van der Waals surface area contributed by atoms with E-state index >= 15 is 0 Å². The lowest BCUT2D eigenvalue weighted by Gasteiger charge is -2.52. The van der Waals surface area contributed by atoms with Gasteiger partial charge in [-0.15, -0.1) is 0 Å². The van der Waals surface area contributed by atoms with Crippen LogP contribution in [0.5, 0.6) is 0 Å². The Kier molecular flexibility index (Phi) is 5.81. The summed E-state index contributed by atoms with van der Waals surface area (Å²) in [6.45, 7) is 4.99. The highest BCUT2D eigenvalue weighted by molar-refractivity contribution is 5.83. The lowest BCUT2D eigenvalue weighted by molar-refractivity contribution is -0.140. The Bertz CT molecular complexity index is 1180. The van der Waals surface area contributed by atoms with Gasteiger partial charge in [0.05, 0.1) is 12.6 Å². The number of carbonyl (C=O) groups excluding carboxylic acids is 1. The Morgan fingerprint density at radius 2 is 1.91 bits per heavy atom. The van der Waals surface area contributed by atoms with Crippen LogP contribution in [-0.4, -0.2) is 53.1 Å². The second-order valence-electron chi connectivity index (χ2n) is 11.2. The highest BCUT2D eigenvalue weighted by atomic mass is 19.1. The Hall–Kier alpha value is -2.50. The average molecular weight is 475 g/mol. The number of carbonyl (C=O) groups is 1. The van der Waals surface area contributed by atoms with E-state index in [4.69, 9.17) is 0 Å². The number of aryl methyl sites for hydroxylation is 1. The molecule has 1 saturated carbocycles. The van der Waals surface area contributed by atoms with E-state index in [9.17, 15) is 14.3 Å². The van der Waals surface area contributed by atoms with Crippen molar-refractivity contribution in [1.82, 2.24) is 9.80 Å². The van der Waals surface area contributed by atoms with E-state index in [1.165, 1.54) is 40.3 Å². The predicted octanol–water partition coefficient (Wildman–Crippen LogP) is 4.73. The predicted molar refractivity (Wildman–Crippen MR) is 135 cm³/mol. The first-order valence-electron chi connectivity index (χ1n) is 13.2. The van der Waals surface area contributed by atoms with Gasteiger partial charge in [-0.05, 0) is 67.4 Å². The summed E-state index contributed by atoms with van der Waals surface area (Å²) in [4.78, 5) is 17.4. The van der Waals surface area contributed by atoms with Crippen molar-refractivity contribution in [2.24, 2.45) is 11.3 Å². The van der Waals surface area contributed by atoms with E-state index in [0.29, 0.717) is 18.0 Å². The maximum Gasteiger partial charge on any atom is 0.225 e. The smallest absolute Gasteiger partial charge is 0.225 e. The number of hydrogen-bond acceptors (Lipinski definition) is 3. The summed E-state index contributed by atoms with van der Waals surface area (Å²) in [6, 6.07) is 13.6. The summed E-state index contributed by atoms with van der Waals surface area (Å²) < 4.78 is 14.6. The highest BCUT2D eigenvalue weighted by Gasteiger charge is 2.50. The largest absolute Gasteiger partial charge is 0.394 e. The molecule has 2 aliphatic carbocycles. The summed E-state index contributed by atoms with van der Waals surface area (Å²) in [7, 11) is 0. The van der Waals surface area contributed by atoms with Crippen LogP contribution in [-0.2, 0) is 17.8 Å². The van der Waals surface area contributed by atoms with Gasteiger partial charge in [-0.1, -0.05) is 48.4 Å². The van der Waals surface area contributed by atoms with Crippen molar-refractivity contribution in [2.45, 2.75) is 58.0 Å². The van der Waals surface area contributed by atoms with Crippen LogP contribution in [0.3, 0.4) is 0 Å². The number of fused-ring (bicyclic) bond motifs is 3. The van der Waals surface area contributed by atoms with Crippen LogP contribution in [0.15, 0.2) is 48.0 Å². The quantitative estimate of drug-likeness (QED) is 0.697. The zero-order valence-corrected chi connectivity index (χ0v) is 20.6. The minimum absolute atomic E-state index is 0.0304. The first-order valence-corrected chi connectivity index (χ1v) is 13.2. The Labute approximate surface area is 207 Å². The molecule has 2 aromatic rings. The molecule has 1 amide bonds. The van der Waals surface area contributed by atoms with E-state index in [1.54, 1.807) is 6.07 Å². The first-order chi connectivity index (χ1) is 17.0. The lowest BCUT2D eigenvalue weighted by atomic mass is 9.66. The van der Waals surface area contributed by atoms with Crippen LogP contribution in [0.25, 0.3) is 5.57 Å². The van der Waals surface area contributed by atoms with Crippen molar-refractivity contribution >= 4 is 11.5 Å². The standard InChI is InChI=1S/C30H35FN2O2/c1-20-9-10-24-23(15-20)16-25-27(18-34)33(17-22-5-2-3-8-26(22)31)19-30(28(24)25)11-13-32(14-12-30)29(35)21-6-4-7-21/h2-3,5,8-10,15,21,27,34H,4,6-7,11-14,16-19H2,1H3/t27-/m1/s1. The van der Waals surface area contributed by atoms with Crippen molar-refractivity contribution in [3.63, 3.8) is 0 Å². The van der Waals surface area contributed by atoms with Crippen LogP contribution >= 0.6 is 0 Å². The zero-order chi connectivity index (χ0) is 24.2. The van der Waals surface area contributed by atoms with Crippen molar-refractivity contribution in [3.8, 4) is 0 Å². The number of halogens is 1. The monoisotopic (exact) mass is 474 g/mol. The number of aliphatic hydroxyl groups excluding tert-OH is 1. The third kappa shape index (κ3) is 3.84. The molecule has 5 heteroatoms. The minimum atomic E-state index is -0.190. The summed E-state index contributed by atoms with van der Waals surface area (Å²) in [5.41, 5.74) is 7.23. The molecule has 4 aliphatic rings. The molecule has 0 unspecified atom stereocenters. The van der Waals surface area contributed by atoms with Crippen molar-refractivity contribution in [2.75, 3.05) is 26.2 Å². The van der Waals surface area contributed by atoms with Gasteiger partial charge in [-0.3, -0.25) is 9.69 Å². The number of benzene rings is 2. The van der Waals surface area contributed by atoms with Crippen molar-refractivity contribution < 1.29 is 14.3 Å². The molecule has 35 heavy (non-hydrogen) atoms. The lowest BCUT2D eigenvalue weighted by Crippen LogP contribution is -2.55. The molecule has 2 aromatic carbocycles. The molecule has 4 nitrogen and oxygen atoms in total. The summed E-state index contributed by atoms with van der Waals surface area (Å²) >= 11 is 0. The Balaban J connectivity index is 1.36. The normalized spacial score (nSPS) is 23.9. The fraction of sp³-hybridized carbons (Fsp3) is 0.500. The minimum Gasteiger partial charge on any atom is -0.394 e. The van der Waals surface area contributed by atoms with Crippen LogP contribution in [0.1, 0.15) is 54.4 Å². The maximum atomic E-state index is 14.6. The van der Waals surface area contributed by atoms with Gasteiger partial charge >= 0.3 is 0 Å². The molecule has 0 bridgehead atoms. The van der Waals surface area contributed by atoms with E-state index in [2.05, 4.69) is 34.9 Å². The number of aliphatic hydroxyl groups is 1. The Morgan fingerprint density at radius 3 is 2.60 bits per heavy atom. The maximum absolute atomic E-state index is 14.6. The van der Waals surface area contributed by atoms with Gasteiger partial charge in [-0.25, -0.2) is 4.39 Å². The number of nitrogens with zero attached hydrogens (tertiary/aromatic N) is 2. The first kappa shape index (κ1) is 22.9. The van der Waals surface area contributed by atoms with Crippen LogP contribution in [0.4, 0.5) is 4.39 Å². The van der Waals surface area contributed by atoms with Gasteiger partial charge in [0.1, 0.15) is 5.82 Å². The topological polar surface area (TPSA) is 43.8 Å². The average Bonchev–Trinajstić information content (AvgIpc) is 3.19. The fourth-order valence-electron chi connectivity index (χ4n) is 7.00. The molecule has 0 aromatic heterocycles. The highest BCUT2D eigenvalue weighted by Crippen LogP contribution is 2.55. The molecular weight excluding hydrogens is 439 g/mol. The van der Waals surface area contributed by atoms with Gasteiger partial charge < -0.3 is 10.0 Å². The zero-order valence-electron chi connectivity index (χ0n) is 20.6. The van der Waals surface area contributed by atoms with Gasteiger partial charge in [-0.2, -0.15) is 0 Å². The number of amides is 1. The van der Waals surface area contributed by atoms with E-state index in [-0.39, 0.29) is 29.8 Å². The Morgan fingerprint density at radius 1 is 1.14 bits per heavy atom. The van der Waals surface area contributed by atoms with Crippen molar-refractivity contribution in [3.05, 3.63) is 76.1 Å². The molecule has 1 spiro atoms. The van der Waals surface area contributed by atoms with Gasteiger partial charge in [0.25, 0.3) is 0 Å². The number of rotatable bonds is 4. The molecule has 0 radical (unpaired) electrons. The number of piperidine rings is 1. The summed E-state index contributed by atoms with van der Waals surface area (Å²) in [5.74, 6) is 0.385. The fourth-order valence-corrected chi connectivity index (χ4v) is 7.00. The molecule has 1 N–H and O–H groups in total. The second kappa shape index (κ2) is 8.86. The molecule has 1 saturated heterocycles. The summed E-state index contributed by atoms with van der Waals surface area (Å²) in [5, 5.41) is 10.6. The molecule has 2 heterocycles. The summed E-state index contributed by atoms with van der Waals surface area (Å²) in [6.07, 6.45) is 5.94. The van der Waals surface area contributed by atoms with Gasteiger partial charge in [0.15, 0.2) is 0 Å². The third-order valence-electron chi connectivity index (χ3n) is 9.10.